The summed E-state index contributed by atoms with van der Waals surface area (Å²) in [6.07, 6.45) is 0. The molecule has 1 unspecified atom stereocenters. The maximum Gasteiger partial charge on any atom is 0.0661 e. The van der Waals surface area contributed by atoms with Gasteiger partial charge in [-0.1, -0.05) is 10.2 Å². The highest BCUT2D eigenvalue weighted by atomic mass is 16.3. The molecule has 0 heterocycles. The van der Waals surface area contributed by atoms with Crippen LogP contribution in [0.2, 0.25) is 0 Å². The van der Waals surface area contributed by atoms with Crippen LogP contribution >= 0.6 is 0 Å². The van der Waals surface area contributed by atoms with Crippen LogP contribution in [0.15, 0.2) is 10.2 Å². The maximum atomic E-state index is 8.44. The minimum Gasteiger partial charge on any atom is -0.396 e. The van der Waals surface area contributed by atoms with Crippen molar-refractivity contribution in [1.29, 1.82) is 0 Å². The SMILES string of the molecule is [N-]=[N+]=NCC(CO)N=[N+]=[N-]. The third kappa shape index (κ3) is 3.57. The van der Waals surface area contributed by atoms with Crippen LogP contribution in [0.1, 0.15) is 0 Å². The molecule has 7 heteroatoms. The van der Waals surface area contributed by atoms with Gasteiger partial charge in [0.05, 0.1) is 12.6 Å². The molecule has 0 radical (unpaired) electrons. The molecular weight excluding hydrogens is 136 g/mol. The molecule has 0 aliphatic heterocycles. The first-order valence-electron chi connectivity index (χ1n) is 2.51. The second-order valence-electron chi connectivity index (χ2n) is 1.45. The first-order chi connectivity index (χ1) is 4.85. The molecule has 0 aromatic rings. The Kier molecular flexibility index (Phi) is 4.90. The van der Waals surface area contributed by atoms with Crippen LogP contribution in [-0.2, 0) is 0 Å². The first-order valence-corrected chi connectivity index (χ1v) is 2.51. The zero-order valence-corrected chi connectivity index (χ0v) is 5.12. The minimum absolute atomic E-state index is 0.00292. The summed E-state index contributed by atoms with van der Waals surface area (Å²) in [4.78, 5) is 4.88. The third-order valence-corrected chi connectivity index (χ3v) is 0.781. The molecule has 0 aromatic heterocycles. The predicted octanol–water partition coefficient (Wildman–Crippen LogP) is 0.968. The molecule has 0 fully saturated rings. The fourth-order valence-electron chi connectivity index (χ4n) is 0.335. The van der Waals surface area contributed by atoms with Crippen LogP contribution in [0.5, 0.6) is 0 Å². The average molecular weight is 142 g/mol. The van der Waals surface area contributed by atoms with E-state index in [1.807, 2.05) is 0 Å². The van der Waals surface area contributed by atoms with E-state index in [2.05, 4.69) is 20.1 Å². The second kappa shape index (κ2) is 5.71. The summed E-state index contributed by atoms with van der Waals surface area (Å²) in [5.74, 6) is 0. The van der Waals surface area contributed by atoms with Crippen LogP contribution in [0.25, 0.3) is 20.9 Å². The number of aliphatic hydroxyl groups is 1. The fraction of sp³-hybridized carbons (Fsp3) is 1.00. The van der Waals surface area contributed by atoms with Crippen molar-refractivity contribution in [2.45, 2.75) is 6.04 Å². The minimum atomic E-state index is -0.638. The quantitative estimate of drug-likeness (QED) is 0.351. The van der Waals surface area contributed by atoms with Crippen LogP contribution in [0, 0.1) is 0 Å². The highest BCUT2D eigenvalue weighted by Gasteiger charge is 2.00. The number of hydrogen-bond acceptors (Lipinski definition) is 3. The summed E-state index contributed by atoms with van der Waals surface area (Å²) in [6, 6.07) is -0.638. The van der Waals surface area contributed by atoms with Crippen LogP contribution in [0.4, 0.5) is 0 Å². The molecule has 0 saturated heterocycles. The Balaban J connectivity index is 3.81. The maximum absolute atomic E-state index is 8.44. The fourth-order valence-corrected chi connectivity index (χ4v) is 0.335. The van der Waals surface area contributed by atoms with Crippen molar-refractivity contribution in [3.63, 3.8) is 0 Å². The van der Waals surface area contributed by atoms with Crippen molar-refractivity contribution >= 4 is 0 Å². The van der Waals surface area contributed by atoms with Gasteiger partial charge in [0.15, 0.2) is 0 Å². The summed E-state index contributed by atoms with van der Waals surface area (Å²) < 4.78 is 0. The second-order valence-corrected chi connectivity index (χ2v) is 1.45. The van der Waals surface area contributed by atoms with Crippen LogP contribution in [0.3, 0.4) is 0 Å². The van der Waals surface area contributed by atoms with E-state index in [9.17, 15) is 0 Å². The number of hydrogen-bond donors (Lipinski definition) is 1. The molecule has 54 valence electrons. The summed E-state index contributed by atoms with van der Waals surface area (Å²) in [5.41, 5.74) is 15.7. The Labute approximate surface area is 56.5 Å². The topological polar surface area (TPSA) is 118 Å². The van der Waals surface area contributed by atoms with E-state index in [1.165, 1.54) is 0 Å². The van der Waals surface area contributed by atoms with Gasteiger partial charge in [-0.2, -0.15) is 0 Å². The summed E-state index contributed by atoms with van der Waals surface area (Å²) in [7, 11) is 0. The lowest BCUT2D eigenvalue weighted by molar-refractivity contribution is 0.268. The lowest BCUT2D eigenvalue weighted by Crippen LogP contribution is -2.12. The summed E-state index contributed by atoms with van der Waals surface area (Å²) >= 11 is 0. The number of aliphatic hydroxyl groups excluding tert-OH is 1. The smallest absolute Gasteiger partial charge is 0.0661 e. The molecule has 1 N–H and O–H groups in total. The molecular formula is C3H6N6O. The number of rotatable bonds is 4. The summed E-state index contributed by atoms with van der Waals surface area (Å²) in [6.45, 7) is -0.305. The van der Waals surface area contributed by atoms with Crippen molar-refractivity contribution < 1.29 is 5.11 Å². The molecule has 0 aliphatic carbocycles. The van der Waals surface area contributed by atoms with E-state index in [0.29, 0.717) is 0 Å². The Morgan fingerprint density at radius 1 is 1.40 bits per heavy atom. The molecule has 0 spiro atoms. The van der Waals surface area contributed by atoms with E-state index < -0.39 is 6.04 Å². The van der Waals surface area contributed by atoms with Crippen molar-refractivity contribution in [2.75, 3.05) is 13.2 Å². The van der Waals surface area contributed by atoms with Gasteiger partial charge in [-0.15, -0.1) is 0 Å². The van der Waals surface area contributed by atoms with E-state index in [4.69, 9.17) is 16.2 Å². The third-order valence-electron chi connectivity index (χ3n) is 0.781. The molecule has 1 atom stereocenters. The van der Waals surface area contributed by atoms with Crippen molar-refractivity contribution in [2.24, 2.45) is 10.2 Å². The number of azide groups is 2. The van der Waals surface area contributed by atoms with E-state index in [1.54, 1.807) is 0 Å². The zero-order chi connectivity index (χ0) is 7.82. The van der Waals surface area contributed by atoms with Gasteiger partial charge in [-0.05, 0) is 11.1 Å². The average Bonchev–Trinajstić information content (AvgIpc) is 1.98. The van der Waals surface area contributed by atoms with Gasteiger partial charge >= 0.3 is 0 Å². The standard InChI is InChI=1S/C3H6N6O/c4-8-6-1-3(2-10)7-9-5/h3,10H,1-2H2. The number of nitrogens with zero attached hydrogens (tertiary/aromatic N) is 6. The van der Waals surface area contributed by atoms with Gasteiger partial charge in [0.25, 0.3) is 0 Å². The normalized spacial score (nSPS) is 10.9. The Hall–Kier alpha value is -1.42. The lowest BCUT2D eigenvalue weighted by Gasteiger charge is -1.98. The molecule has 0 bridgehead atoms. The van der Waals surface area contributed by atoms with E-state index in [0.717, 1.165) is 0 Å². The van der Waals surface area contributed by atoms with Gasteiger partial charge in [-0.25, -0.2) is 0 Å². The van der Waals surface area contributed by atoms with Gasteiger partial charge < -0.3 is 5.11 Å². The molecule has 0 rings (SSSR count). The van der Waals surface area contributed by atoms with Gasteiger partial charge in [0.2, 0.25) is 0 Å². The van der Waals surface area contributed by atoms with Crippen LogP contribution in [-0.4, -0.2) is 24.3 Å². The molecule has 0 aliphatic rings. The molecule has 7 nitrogen and oxygen atoms in total. The summed E-state index contributed by atoms with van der Waals surface area (Å²) in [5, 5.41) is 14.7. The van der Waals surface area contributed by atoms with E-state index in [-0.39, 0.29) is 13.2 Å². The molecule has 0 aromatic carbocycles. The largest absolute Gasteiger partial charge is 0.396 e. The first kappa shape index (κ1) is 8.58. The monoisotopic (exact) mass is 142 g/mol. The molecule has 0 amide bonds. The lowest BCUT2D eigenvalue weighted by atomic mass is 10.3. The van der Waals surface area contributed by atoms with Crippen molar-refractivity contribution in [1.82, 2.24) is 0 Å². The predicted molar refractivity (Wildman–Crippen MR) is 34.0 cm³/mol. The zero-order valence-electron chi connectivity index (χ0n) is 5.12. The van der Waals surface area contributed by atoms with E-state index >= 15 is 0 Å². The van der Waals surface area contributed by atoms with Crippen molar-refractivity contribution in [3.8, 4) is 0 Å². The Morgan fingerprint density at radius 3 is 2.50 bits per heavy atom. The van der Waals surface area contributed by atoms with Gasteiger partial charge in [0.1, 0.15) is 0 Å². The Morgan fingerprint density at radius 2 is 2.10 bits per heavy atom. The Bertz CT molecular complexity index is 177. The van der Waals surface area contributed by atoms with Gasteiger partial charge in [0, 0.05) is 16.4 Å². The highest BCUT2D eigenvalue weighted by Crippen LogP contribution is 1.90. The molecule has 0 saturated carbocycles. The highest BCUT2D eigenvalue weighted by molar-refractivity contribution is 4.68. The van der Waals surface area contributed by atoms with Crippen LogP contribution < -0.4 is 0 Å². The molecule has 10 heavy (non-hydrogen) atoms. The van der Waals surface area contributed by atoms with Crippen molar-refractivity contribution in [3.05, 3.63) is 20.9 Å². The van der Waals surface area contributed by atoms with Gasteiger partial charge in [-0.3, -0.25) is 0 Å².